The van der Waals surface area contributed by atoms with Gasteiger partial charge in [0.1, 0.15) is 0 Å². The molecule has 2 rings (SSSR count). The van der Waals surface area contributed by atoms with Crippen LogP contribution in [0.5, 0.6) is 0 Å². The molecule has 2 N–H and O–H groups in total. The van der Waals surface area contributed by atoms with Gasteiger partial charge in [-0.15, -0.1) is 0 Å². The summed E-state index contributed by atoms with van der Waals surface area (Å²) in [6, 6.07) is 10.1. The maximum atomic E-state index is 6.06. The van der Waals surface area contributed by atoms with E-state index >= 15 is 0 Å². The number of piperidine rings is 1. The normalized spacial score (nSPS) is 25.6. The van der Waals surface area contributed by atoms with E-state index < -0.39 is 0 Å². The second-order valence-electron chi connectivity index (χ2n) is 6.26. The molecular weight excluding hydrogens is 244 g/mol. The molecular formula is C18H30N2. The van der Waals surface area contributed by atoms with Crippen molar-refractivity contribution in [2.45, 2.75) is 58.5 Å². The smallest absolute Gasteiger partial charge is 0.0348 e. The Kier molecular flexibility index (Phi) is 5.62. The Balaban J connectivity index is 2.15. The maximum absolute atomic E-state index is 6.06. The molecule has 0 saturated carbocycles. The molecule has 20 heavy (non-hydrogen) atoms. The SMILES string of the molecule is CCC1CCN(C(CC)c2ccc(C)cc2)C(CN)C1. The van der Waals surface area contributed by atoms with Crippen molar-refractivity contribution in [1.82, 2.24) is 4.90 Å². The van der Waals surface area contributed by atoms with E-state index in [0.29, 0.717) is 12.1 Å². The first-order chi connectivity index (χ1) is 9.69. The van der Waals surface area contributed by atoms with Gasteiger partial charge < -0.3 is 5.73 Å². The summed E-state index contributed by atoms with van der Waals surface area (Å²) >= 11 is 0. The Morgan fingerprint density at radius 1 is 1.25 bits per heavy atom. The minimum atomic E-state index is 0.530. The molecule has 2 heteroatoms. The molecule has 1 aliphatic rings. The third-order valence-corrected chi connectivity index (χ3v) is 4.97. The van der Waals surface area contributed by atoms with Crippen LogP contribution in [0, 0.1) is 12.8 Å². The van der Waals surface area contributed by atoms with Gasteiger partial charge in [-0.05, 0) is 44.2 Å². The lowest BCUT2D eigenvalue weighted by Crippen LogP contribution is -2.48. The Bertz CT molecular complexity index is 398. The monoisotopic (exact) mass is 274 g/mol. The van der Waals surface area contributed by atoms with Crippen LogP contribution in [0.15, 0.2) is 24.3 Å². The van der Waals surface area contributed by atoms with Crippen molar-refractivity contribution < 1.29 is 0 Å². The first-order valence-corrected chi connectivity index (χ1v) is 8.21. The quantitative estimate of drug-likeness (QED) is 0.882. The van der Waals surface area contributed by atoms with Crippen molar-refractivity contribution in [2.24, 2.45) is 11.7 Å². The molecule has 1 aromatic carbocycles. The lowest BCUT2D eigenvalue weighted by molar-refractivity contribution is 0.0677. The number of nitrogens with two attached hydrogens (primary N) is 1. The topological polar surface area (TPSA) is 29.3 Å². The molecule has 0 aliphatic carbocycles. The molecule has 2 nitrogen and oxygen atoms in total. The molecule has 1 heterocycles. The van der Waals surface area contributed by atoms with Crippen molar-refractivity contribution in [3.8, 4) is 0 Å². The van der Waals surface area contributed by atoms with E-state index in [1.54, 1.807) is 0 Å². The highest BCUT2D eigenvalue weighted by Gasteiger charge is 2.31. The Morgan fingerprint density at radius 2 is 1.95 bits per heavy atom. The van der Waals surface area contributed by atoms with Crippen LogP contribution >= 0.6 is 0 Å². The first-order valence-electron chi connectivity index (χ1n) is 8.21. The number of benzene rings is 1. The van der Waals surface area contributed by atoms with Gasteiger partial charge in [0.15, 0.2) is 0 Å². The van der Waals surface area contributed by atoms with Crippen molar-refractivity contribution in [1.29, 1.82) is 0 Å². The summed E-state index contributed by atoms with van der Waals surface area (Å²) < 4.78 is 0. The first kappa shape index (κ1) is 15.5. The number of nitrogens with zero attached hydrogens (tertiary/aromatic N) is 1. The van der Waals surface area contributed by atoms with Gasteiger partial charge >= 0.3 is 0 Å². The average Bonchev–Trinajstić information content (AvgIpc) is 2.50. The van der Waals surface area contributed by atoms with E-state index in [2.05, 4.69) is 49.9 Å². The molecule has 3 atom stereocenters. The van der Waals surface area contributed by atoms with Crippen LogP contribution in [0.4, 0.5) is 0 Å². The minimum Gasteiger partial charge on any atom is -0.329 e. The van der Waals surface area contributed by atoms with Crippen molar-refractivity contribution in [3.05, 3.63) is 35.4 Å². The molecule has 1 aliphatic heterocycles. The van der Waals surface area contributed by atoms with E-state index in [1.165, 1.54) is 36.9 Å². The molecule has 0 amide bonds. The van der Waals surface area contributed by atoms with Gasteiger partial charge in [0.2, 0.25) is 0 Å². The third kappa shape index (κ3) is 3.42. The molecule has 1 aromatic rings. The van der Waals surface area contributed by atoms with Gasteiger partial charge in [0.05, 0.1) is 0 Å². The summed E-state index contributed by atoms with van der Waals surface area (Å²) in [5, 5.41) is 0. The Morgan fingerprint density at radius 3 is 2.50 bits per heavy atom. The molecule has 1 saturated heterocycles. The zero-order chi connectivity index (χ0) is 14.5. The Hall–Kier alpha value is -0.860. The fourth-order valence-corrected chi connectivity index (χ4v) is 3.62. The van der Waals surface area contributed by atoms with Gasteiger partial charge in [-0.25, -0.2) is 0 Å². The summed E-state index contributed by atoms with van der Waals surface area (Å²) in [6.45, 7) is 8.75. The maximum Gasteiger partial charge on any atom is 0.0348 e. The fraction of sp³-hybridized carbons (Fsp3) is 0.667. The molecule has 0 bridgehead atoms. The highest BCUT2D eigenvalue weighted by Crippen LogP contribution is 2.33. The predicted octanol–water partition coefficient (Wildman–Crippen LogP) is 3.90. The van der Waals surface area contributed by atoms with Crippen molar-refractivity contribution >= 4 is 0 Å². The average molecular weight is 274 g/mol. The molecule has 1 fully saturated rings. The van der Waals surface area contributed by atoms with Gasteiger partial charge in [-0.1, -0.05) is 50.1 Å². The van der Waals surface area contributed by atoms with Gasteiger partial charge in [0, 0.05) is 18.6 Å². The minimum absolute atomic E-state index is 0.530. The molecule has 3 unspecified atom stereocenters. The van der Waals surface area contributed by atoms with E-state index in [1.807, 2.05) is 0 Å². The number of rotatable bonds is 5. The lowest BCUT2D eigenvalue weighted by Gasteiger charge is -2.43. The van der Waals surface area contributed by atoms with E-state index in [4.69, 9.17) is 5.73 Å². The van der Waals surface area contributed by atoms with Crippen molar-refractivity contribution in [3.63, 3.8) is 0 Å². The highest BCUT2D eigenvalue weighted by atomic mass is 15.2. The highest BCUT2D eigenvalue weighted by molar-refractivity contribution is 5.24. The largest absolute Gasteiger partial charge is 0.329 e. The molecule has 0 radical (unpaired) electrons. The lowest BCUT2D eigenvalue weighted by atomic mass is 9.86. The third-order valence-electron chi connectivity index (χ3n) is 4.97. The van der Waals surface area contributed by atoms with E-state index in [0.717, 1.165) is 18.9 Å². The fourth-order valence-electron chi connectivity index (χ4n) is 3.62. The summed E-state index contributed by atoms with van der Waals surface area (Å²) in [4.78, 5) is 2.66. The van der Waals surface area contributed by atoms with Crippen LogP contribution in [0.25, 0.3) is 0 Å². The molecule has 112 valence electrons. The van der Waals surface area contributed by atoms with Crippen LogP contribution in [0.3, 0.4) is 0 Å². The number of likely N-dealkylation sites (tertiary alicyclic amines) is 1. The van der Waals surface area contributed by atoms with Crippen LogP contribution in [-0.2, 0) is 0 Å². The zero-order valence-corrected chi connectivity index (χ0v) is 13.3. The second kappa shape index (κ2) is 7.24. The molecule has 0 spiro atoms. The van der Waals surface area contributed by atoms with Crippen LogP contribution in [0.1, 0.15) is 56.7 Å². The van der Waals surface area contributed by atoms with Gasteiger partial charge in [-0.3, -0.25) is 4.90 Å². The van der Waals surface area contributed by atoms with Gasteiger partial charge in [-0.2, -0.15) is 0 Å². The van der Waals surface area contributed by atoms with Gasteiger partial charge in [0.25, 0.3) is 0 Å². The number of hydrogen-bond acceptors (Lipinski definition) is 2. The summed E-state index contributed by atoms with van der Waals surface area (Å²) in [7, 11) is 0. The van der Waals surface area contributed by atoms with Crippen molar-refractivity contribution in [2.75, 3.05) is 13.1 Å². The van der Waals surface area contributed by atoms with Crippen LogP contribution < -0.4 is 5.73 Å². The summed E-state index contributed by atoms with van der Waals surface area (Å²) in [5.74, 6) is 0.871. The molecule has 0 aromatic heterocycles. The second-order valence-corrected chi connectivity index (χ2v) is 6.26. The van der Waals surface area contributed by atoms with Crippen LogP contribution in [-0.4, -0.2) is 24.0 Å². The summed E-state index contributed by atoms with van der Waals surface area (Å²) in [5.41, 5.74) is 8.85. The van der Waals surface area contributed by atoms with E-state index in [-0.39, 0.29) is 0 Å². The predicted molar refractivity (Wildman–Crippen MR) is 86.8 cm³/mol. The number of hydrogen-bond donors (Lipinski definition) is 1. The summed E-state index contributed by atoms with van der Waals surface area (Å²) in [6.07, 6.45) is 5.06. The van der Waals surface area contributed by atoms with Crippen LogP contribution in [0.2, 0.25) is 0 Å². The Labute approximate surface area is 124 Å². The zero-order valence-electron chi connectivity index (χ0n) is 13.3. The van der Waals surface area contributed by atoms with E-state index in [9.17, 15) is 0 Å². The standard InChI is InChI=1S/C18H30N2/c1-4-15-10-11-20(17(12-15)13-19)18(5-2)16-8-6-14(3)7-9-16/h6-9,15,17-18H,4-5,10-13,19H2,1-3H3. The number of aryl methyl sites for hydroxylation is 1.